The smallest absolute Gasteiger partial charge is 0.255 e. The highest BCUT2D eigenvalue weighted by Gasteiger charge is 2.09. The minimum Gasteiger partial charge on any atom is -0.506 e. The summed E-state index contributed by atoms with van der Waals surface area (Å²) in [7, 11) is 0. The number of phenols is 1. The zero-order valence-corrected chi connectivity index (χ0v) is 9.84. The number of hydrogen-bond acceptors (Lipinski definition) is 4. The molecule has 0 saturated heterocycles. The van der Waals surface area contributed by atoms with Gasteiger partial charge < -0.3 is 16.2 Å². The van der Waals surface area contributed by atoms with Gasteiger partial charge in [0.15, 0.2) is 0 Å². The number of phenolic OH excluding ortho intramolecular Hbond substituents is 1. The van der Waals surface area contributed by atoms with E-state index in [9.17, 15) is 9.90 Å². The molecule has 0 unspecified atom stereocenters. The van der Waals surface area contributed by atoms with E-state index in [2.05, 4.69) is 10.3 Å². The van der Waals surface area contributed by atoms with E-state index >= 15 is 0 Å². The van der Waals surface area contributed by atoms with Crippen molar-refractivity contribution < 1.29 is 9.90 Å². The summed E-state index contributed by atoms with van der Waals surface area (Å²) in [6.45, 7) is 1.80. The largest absolute Gasteiger partial charge is 0.506 e. The predicted molar refractivity (Wildman–Crippen MR) is 69.4 cm³/mol. The van der Waals surface area contributed by atoms with Gasteiger partial charge in [-0.3, -0.25) is 9.78 Å². The molecular weight excluding hydrogens is 230 g/mol. The lowest BCUT2D eigenvalue weighted by Gasteiger charge is -2.08. The van der Waals surface area contributed by atoms with Crippen molar-refractivity contribution in [3.05, 3.63) is 47.8 Å². The molecule has 0 aliphatic heterocycles. The van der Waals surface area contributed by atoms with Crippen LogP contribution >= 0.6 is 0 Å². The number of carbonyl (C=O) groups excluding carboxylic acids is 1. The van der Waals surface area contributed by atoms with Crippen molar-refractivity contribution >= 4 is 17.3 Å². The molecule has 1 aromatic heterocycles. The fourth-order valence-electron chi connectivity index (χ4n) is 1.50. The Labute approximate surface area is 104 Å². The first-order chi connectivity index (χ1) is 8.58. The molecule has 0 saturated carbocycles. The lowest BCUT2D eigenvalue weighted by Crippen LogP contribution is -2.13. The van der Waals surface area contributed by atoms with Crippen molar-refractivity contribution in [1.29, 1.82) is 0 Å². The van der Waals surface area contributed by atoms with Crippen LogP contribution in [0.2, 0.25) is 0 Å². The van der Waals surface area contributed by atoms with Crippen molar-refractivity contribution in [2.75, 3.05) is 11.1 Å². The molecule has 0 aliphatic rings. The number of nitrogens with one attached hydrogen (secondary N) is 1. The topological polar surface area (TPSA) is 88.2 Å². The molecule has 0 bridgehead atoms. The van der Waals surface area contributed by atoms with E-state index in [0.717, 1.165) is 5.69 Å². The van der Waals surface area contributed by atoms with E-state index in [1.54, 1.807) is 31.3 Å². The summed E-state index contributed by atoms with van der Waals surface area (Å²) in [6, 6.07) is 7.87. The zero-order chi connectivity index (χ0) is 13.1. The SMILES string of the molecule is Cc1ncccc1NC(=O)c1ccc(N)c(O)c1. The monoisotopic (exact) mass is 243 g/mol. The highest BCUT2D eigenvalue weighted by Crippen LogP contribution is 2.21. The summed E-state index contributed by atoms with van der Waals surface area (Å²) >= 11 is 0. The highest BCUT2D eigenvalue weighted by molar-refractivity contribution is 6.05. The Hall–Kier alpha value is -2.56. The number of rotatable bonds is 2. The van der Waals surface area contributed by atoms with Crippen LogP contribution in [0.1, 0.15) is 16.1 Å². The van der Waals surface area contributed by atoms with Crippen LogP contribution in [0.3, 0.4) is 0 Å². The van der Waals surface area contributed by atoms with Crippen molar-refractivity contribution in [1.82, 2.24) is 4.98 Å². The number of carbonyl (C=O) groups is 1. The number of anilines is 2. The van der Waals surface area contributed by atoms with Gasteiger partial charge in [0.2, 0.25) is 0 Å². The van der Waals surface area contributed by atoms with Crippen LogP contribution in [-0.4, -0.2) is 16.0 Å². The van der Waals surface area contributed by atoms with Crippen LogP contribution < -0.4 is 11.1 Å². The van der Waals surface area contributed by atoms with Crippen LogP contribution in [0.25, 0.3) is 0 Å². The molecule has 1 amide bonds. The van der Waals surface area contributed by atoms with Gasteiger partial charge >= 0.3 is 0 Å². The second kappa shape index (κ2) is 4.75. The van der Waals surface area contributed by atoms with Gasteiger partial charge in [-0.1, -0.05) is 0 Å². The third kappa shape index (κ3) is 2.40. The van der Waals surface area contributed by atoms with Crippen LogP contribution in [0.4, 0.5) is 11.4 Å². The zero-order valence-electron chi connectivity index (χ0n) is 9.84. The van der Waals surface area contributed by atoms with E-state index in [1.807, 2.05) is 0 Å². The van der Waals surface area contributed by atoms with Gasteiger partial charge in [-0.05, 0) is 37.3 Å². The third-order valence-electron chi connectivity index (χ3n) is 2.55. The summed E-state index contributed by atoms with van der Waals surface area (Å²) in [5.41, 5.74) is 7.42. The minimum atomic E-state index is -0.318. The third-order valence-corrected chi connectivity index (χ3v) is 2.55. The number of nitrogens with zero attached hydrogens (tertiary/aromatic N) is 1. The molecule has 0 spiro atoms. The molecule has 0 fully saturated rings. The summed E-state index contributed by atoms with van der Waals surface area (Å²) < 4.78 is 0. The summed E-state index contributed by atoms with van der Waals surface area (Å²) in [6.07, 6.45) is 1.65. The molecule has 1 aromatic carbocycles. The van der Waals surface area contributed by atoms with Crippen LogP contribution in [0.5, 0.6) is 5.75 Å². The Kier molecular flexibility index (Phi) is 3.14. The van der Waals surface area contributed by atoms with Gasteiger partial charge in [0, 0.05) is 11.8 Å². The number of nitrogens with two attached hydrogens (primary N) is 1. The quantitative estimate of drug-likeness (QED) is 0.555. The van der Waals surface area contributed by atoms with E-state index in [4.69, 9.17) is 5.73 Å². The average Bonchev–Trinajstić information content (AvgIpc) is 2.35. The van der Waals surface area contributed by atoms with Gasteiger partial charge in [0.05, 0.1) is 17.1 Å². The number of pyridine rings is 1. The number of amides is 1. The van der Waals surface area contributed by atoms with E-state index in [0.29, 0.717) is 11.3 Å². The molecule has 0 aliphatic carbocycles. The first-order valence-corrected chi connectivity index (χ1v) is 5.39. The normalized spacial score (nSPS) is 10.1. The molecule has 0 radical (unpaired) electrons. The van der Waals surface area contributed by atoms with Gasteiger partial charge in [0.25, 0.3) is 5.91 Å². The molecule has 2 aromatic rings. The van der Waals surface area contributed by atoms with E-state index in [1.165, 1.54) is 12.1 Å². The molecule has 92 valence electrons. The summed E-state index contributed by atoms with van der Waals surface area (Å²) in [5.74, 6) is -0.424. The fraction of sp³-hybridized carbons (Fsp3) is 0.0769. The maximum absolute atomic E-state index is 11.9. The number of hydrogen-bond donors (Lipinski definition) is 3. The number of aryl methyl sites for hydroxylation is 1. The van der Waals surface area contributed by atoms with Gasteiger partial charge in [-0.2, -0.15) is 0 Å². The summed E-state index contributed by atoms with van der Waals surface area (Å²) in [5, 5.41) is 12.2. The maximum atomic E-state index is 11.9. The molecular formula is C13H13N3O2. The van der Waals surface area contributed by atoms with Crippen molar-refractivity contribution in [2.45, 2.75) is 6.92 Å². The molecule has 4 N–H and O–H groups in total. The Morgan fingerprint density at radius 3 is 2.83 bits per heavy atom. The van der Waals surface area contributed by atoms with E-state index in [-0.39, 0.29) is 17.3 Å². The molecule has 2 rings (SSSR count). The second-order valence-electron chi connectivity index (χ2n) is 3.86. The maximum Gasteiger partial charge on any atom is 0.255 e. The molecule has 1 heterocycles. The Bertz CT molecular complexity index is 597. The first-order valence-electron chi connectivity index (χ1n) is 5.39. The molecule has 18 heavy (non-hydrogen) atoms. The average molecular weight is 243 g/mol. The number of aromatic hydroxyl groups is 1. The summed E-state index contributed by atoms with van der Waals surface area (Å²) in [4.78, 5) is 16.0. The second-order valence-corrected chi connectivity index (χ2v) is 3.86. The van der Waals surface area contributed by atoms with Gasteiger partial charge in [-0.25, -0.2) is 0 Å². The van der Waals surface area contributed by atoms with Crippen LogP contribution in [-0.2, 0) is 0 Å². The first kappa shape index (κ1) is 11.9. The predicted octanol–water partition coefficient (Wildman–Crippen LogP) is 1.93. The number of nitrogen functional groups attached to an aromatic ring is 1. The fourth-order valence-corrected chi connectivity index (χ4v) is 1.50. The number of aromatic nitrogens is 1. The van der Waals surface area contributed by atoms with Crippen molar-refractivity contribution in [3.8, 4) is 5.75 Å². The Morgan fingerprint density at radius 1 is 1.39 bits per heavy atom. The van der Waals surface area contributed by atoms with Crippen LogP contribution in [0, 0.1) is 6.92 Å². The highest BCUT2D eigenvalue weighted by atomic mass is 16.3. The van der Waals surface area contributed by atoms with Crippen LogP contribution in [0.15, 0.2) is 36.5 Å². The van der Waals surface area contributed by atoms with E-state index < -0.39 is 0 Å². The van der Waals surface area contributed by atoms with Crippen molar-refractivity contribution in [3.63, 3.8) is 0 Å². The minimum absolute atomic E-state index is 0.106. The van der Waals surface area contributed by atoms with Gasteiger partial charge in [-0.15, -0.1) is 0 Å². The molecule has 0 atom stereocenters. The molecule has 5 nitrogen and oxygen atoms in total. The van der Waals surface area contributed by atoms with Gasteiger partial charge in [0.1, 0.15) is 5.75 Å². The lowest BCUT2D eigenvalue weighted by atomic mass is 10.1. The Morgan fingerprint density at radius 2 is 2.17 bits per heavy atom. The Balaban J connectivity index is 2.22. The lowest BCUT2D eigenvalue weighted by molar-refractivity contribution is 0.102. The van der Waals surface area contributed by atoms with Crippen molar-refractivity contribution in [2.24, 2.45) is 0 Å². The molecule has 5 heteroatoms. The number of benzene rings is 1. The standard InChI is InChI=1S/C13H13N3O2/c1-8-11(3-2-6-15-8)16-13(18)9-4-5-10(14)12(17)7-9/h2-7,17H,14H2,1H3,(H,16,18).